The second-order valence-electron chi connectivity index (χ2n) is 10.1. The van der Waals surface area contributed by atoms with Crippen LogP contribution in [0.3, 0.4) is 0 Å². The van der Waals surface area contributed by atoms with Crippen LogP contribution in [-0.2, 0) is 11.3 Å². The molecule has 0 radical (unpaired) electrons. The van der Waals surface area contributed by atoms with Gasteiger partial charge in [0.1, 0.15) is 23.5 Å². The van der Waals surface area contributed by atoms with Crippen molar-refractivity contribution < 1.29 is 9.18 Å². The van der Waals surface area contributed by atoms with Crippen molar-refractivity contribution in [3.8, 4) is 11.1 Å². The van der Waals surface area contributed by atoms with Crippen molar-refractivity contribution >= 4 is 22.6 Å². The van der Waals surface area contributed by atoms with Gasteiger partial charge >= 0.3 is 0 Å². The molecule has 1 N–H and O–H groups in total. The van der Waals surface area contributed by atoms with E-state index in [9.17, 15) is 9.18 Å². The van der Waals surface area contributed by atoms with Crippen molar-refractivity contribution in [1.29, 1.82) is 0 Å². The van der Waals surface area contributed by atoms with Gasteiger partial charge in [-0.2, -0.15) is 0 Å². The van der Waals surface area contributed by atoms with Gasteiger partial charge in [0.2, 0.25) is 5.91 Å². The van der Waals surface area contributed by atoms with Crippen LogP contribution in [0.1, 0.15) is 52.0 Å². The van der Waals surface area contributed by atoms with Crippen molar-refractivity contribution in [2.45, 2.75) is 65.1 Å². The Kier molecular flexibility index (Phi) is 5.11. The molecule has 0 unspecified atom stereocenters. The number of anilines is 1. The van der Waals surface area contributed by atoms with Gasteiger partial charge in [-0.05, 0) is 60.6 Å². The minimum Gasteiger partial charge on any atom is -0.367 e. The van der Waals surface area contributed by atoms with Crippen LogP contribution in [-0.4, -0.2) is 32.9 Å². The van der Waals surface area contributed by atoms with Gasteiger partial charge in [-0.15, -0.1) is 0 Å². The number of nitrogens with one attached hydrogen (secondary N) is 1. The number of amides is 1. The molecule has 0 bridgehead atoms. The molecule has 2 fully saturated rings. The number of fused-ring (bicyclic) bond motifs is 1. The molecule has 5 nitrogen and oxygen atoms in total. The summed E-state index contributed by atoms with van der Waals surface area (Å²) in [5.41, 5.74) is 2.67. The molecule has 2 aliphatic carbocycles. The number of halogens is 1. The molecule has 3 aromatic rings. The van der Waals surface area contributed by atoms with E-state index >= 15 is 0 Å². The van der Waals surface area contributed by atoms with E-state index in [0.29, 0.717) is 35.3 Å². The minimum absolute atomic E-state index is 0.176. The SMILES string of the molecule is CC(C)(C)C(=O)N(Cc1cccc(-c2cc(F)c3ncnc(NC4CC4)c3c2)c1)C1CC1. The van der Waals surface area contributed by atoms with E-state index in [1.165, 1.54) is 12.4 Å². The van der Waals surface area contributed by atoms with Crippen LogP contribution in [0.5, 0.6) is 0 Å². The molecule has 1 amide bonds. The van der Waals surface area contributed by atoms with Crippen molar-refractivity contribution in [3.05, 3.63) is 54.1 Å². The predicted octanol–water partition coefficient (Wildman–Crippen LogP) is 5.55. The Balaban J connectivity index is 1.48. The predicted molar refractivity (Wildman–Crippen MR) is 125 cm³/mol. The molecule has 166 valence electrons. The number of benzene rings is 2. The number of rotatable bonds is 6. The number of hydrogen-bond acceptors (Lipinski definition) is 4. The third-order valence-electron chi connectivity index (χ3n) is 6.11. The van der Waals surface area contributed by atoms with Crippen LogP contribution in [0.2, 0.25) is 0 Å². The zero-order valence-corrected chi connectivity index (χ0v) is 18.9. The lowest BCUT2D eigenvalue weighted by atomic mass is 9.94. The molecule has 2 saturated carbocycles. The van der Waals surface area contributed by atoms with Crippen molar-refractivity contribution in [1.82, 2.24) is 14.9 Å². The maximum absolute atomic E-state index is 15.0. The van der Waals surface area contributed by atoms with Crippen LogP contribution in [0.25, 0.3) is 22.0 Å². The average molecular weight is 433 g/mol. The summed E-state index contributed by atoms with van der Waals surface area (Å²) >= 11 is 0. The molecular weight excluding hydrogens is 403 g/mol. The van der Waals surface area contributed by atoms with Crippen molar-refractivity contribution in [2.75, 3.05) is 5.32 Å². The van der Waals surface area contributed by atoms with E-state index in [4.69, 9.17) is 0 Å². The molecular formula is C26H29FN4O. The number of aromatic nitrogens is 2. The third-order valence-corrected chi connectivity index (χ3v) is 6.11. The van der Waals surface area contributed by atoms with E-state index < -0.39 is 5.41 Å². The lowest BCUT2D eigenvalue weighted by molar-refractivity contribution is -0.140. The summed E-state index contributed by atoms with van der Waals surface area (Å²) in [6, 6.07) is 12.3. The first-order valence-corrected chi connectivity index (χ1v) is 11.4. The van der Waals surface area contributed by atoms with Crippen LogP contribution >= 0.6 is 0 Å². The topological polar surface area (TPSA) is 58.1 Å². The van der Waals surface area contributed by atoms with E-state index in [0.717, 1.165) is 42.4 Å². The van der Waals surface area contributed by atoms with Gasteiger partial charge in [0.25, 0.3) is 0 Å². The molecule has 0 saturated heterocycles. The Morgan fingerprint density at radius 3 is 2.56 bits per heavy atom. The normalized spacial score (nSPS) is 16.2. The van der Waals surface area contributed by atoms with E-state index in [-0.39, 0.29) is 11.7 Å². The van der Waals surface area contributed by atoms with Crippen molar-refractivity contribution in [3.63, 3.8) is 0 Å². The summed E-state index contributed by atoms with van der Waals surface area (Å²) in [5, 5.41) is 4.08. The number of hydrogen-bond donors (Lipinski definition) is 1. The molecule has 0 spiro atoms. The highest BCUT2D eigenvalue weighted by Crippen LogP contribution is 2.34. The fourth-order valence-electron chi connectivity index (χ4n) is 4.06. The second kappa shape index (κ2) is 7.84. The van der Waals surface area contributed by atoms with Gasteiger partial charge in [-0.3, -0.25) is 4.79 Å². The first-order valence-electron chi connectivity index (χ1n) is 11.4. The first-order chi connectivity index (χ1) is 15.3. The molecule has 2 aromatic carbocycles. The molecule has 0 atom stereocenters. The van der Waals surface area contributed by atoms with Gasteiger partial charge in [0, 0.05) is 29.4 Å². The second-order valence-corrected chi connectivity index (χ2v) is 10.1. The maximum atomic E-state index is 15.0. The van der Waals surface area contributed by atoms with Gasteiger partial charge in [0.05, 0.1) is 0 Å². The zero-order valence-electron chi connectivity index (χ0n) is 18.9. The molecule has 1 aromatic heterocycles. The Bertz CT molecular complexity index is 1180. The zero-order chi connectivity index (χ0) is 22.5. The summed E-state index contributed by atoms with van der Waals surface area (Å²) in [6.45, 7) is 6.47. The number of nitrogens with zero attached hydrogens (tertiary/aromatic N) is 3. The van der Waals surface area contributed by atoms with Gasteiger partial charge in [0.15, 0.2) is 0 Å². The van der Waals surface area contributed by atoms with Crippen LogP contribution in [0, 0.1) is 11.2 Å². The van der Waals surface area contributed by atoms with Crippen LogP contribution in [0.15, 0.2) is 42.7 Å². The minimum atomic E-state index is -0.410. The van der Waals surface area contributed by atoms with Gasteiger partial charge in [-0.1, -0.05) is 39.0 Å². The summed E-state index contributed by atoms with van der Waals surface area (Å²) in [5.74, 6) is 0.506. The monoisotopic (exact) mass is 432 g/mol. The Morgan fingerprint density at radius 2 is 1.88 bits per heavy atom. The summed E-state index contributed by atoms with van der Waals surface area (Å²) < 4.78 is 15.0. The largest absolute Gasteiger partial charge is 0.367 e. The van der Waals surface area contributed by atoms with E-state index in [2.05, 4.69) is 21.4 Å². The van der Waals surface area contributed by atoms with E-state index in [1.54, 1.807) is 0 Å². The lowest BCUT2D eigenvalue weighted by Crippen LogP contribution is -2.40. The Hall–Kier alpha value is -3.02. The molecule has 32 heavy (non-hydrogen) atoms. The molecule has 1 heterocycles. The lowest BCUT2D eigenvalue weighted by Gasteiger charge is -2.30. The van der Waals surface area contributed by atoms with Gasteiger partial charge < -0.3 is 10.2 Å². The smallest absolute Gasteiger partial charge is 0.228 e. The maximum Gasteiger partial charge on any atom is 0.228 e. The first kappa shape index (κ1) is 20.9. The fourth-order valence-corrected chi connectivity index (χ4v) is 4.06. The van der Waals surface area contributed by atoms with E-state index in [1.807, 2.05) is 49.9 Å². The Labute approximate surface area is 188 Å². The Morgan fingerprint density at radius 1 is 1.09 bits per heavy atom. The highest BCUT2D eigenvalue weighted by molar-refractivity contribution is 5.93. The molecule has 6 heteroatoms. The average Bonchev–Trinajstić information content (AvgIpc) is 3.66. The highest BCUT2D eigenvalue weighted by Gasteiger charge is 2.37. The fraction of sp³-hybridized carbons (Fsp3) is 0.423. The summed E-state index contributed by atoms with van der Waals surface area (Å²) in [4.78, 5) is 23.5. The van der Waals surface area contributed by atoms with Crippen molar-refractivity contribution in [2.24, 2.45) is 5.41 Å². The summed E-state index contributed by atoms with van der Waals surface area (Å²) in [7, 11) is 0. The van der Waals surface area contributed by atoms with Crippen LogP contribution < -0.4 is 5.32 Å². The summed E-state index contributed by atoms with van der Waals surface area (Å²) in [6.07, 6.45) is 5.76. The standard InChI is InChI=1S/C26H29FN4O/c1-26(2,3)25(32)31(20-9-10-20)14-16-5-4-6-17(11-16)18-12-21-23(22(27)13-18)28-15-29-24(21)30-19-7-8-19/h4-6,11-13,15,19-20H,7-10,14H2,1-3H3,(H,28,29,30). The molecule has 5 rings (SSSR count). The van der Waals surface area contributed by atoms with Gasteiger partial charge in [-0.25, -0.2) is 14.4 Å². The quantitative estimate of drug-likeness (QED) is 0.555. The number of carbonyl (C=O) groups is 1. The molecule has 2 aliphatic rings. The van der Waals surface area contributed by atoms with Crippen LogP contribution in [0.4, 0.5) is 10.2 Å². The number of carbonyl (C=O) groups excluding carboxylic acids is 1. The third kappa shape index (κ3) is 4.31. The molecule has 0 aliphatic heterocycles. The highest BCUT2D eigenvalue weighted by atomic mass is 19.1.